The zero-order valence-corrected chi connectivity index (χ0v) is 14.4. The summed E-state index contributed by atoms with van der Waals surface area (Å²) < 4.78 is 2.14. The van der Waals surface area contributed by atoms with Gasteiger partial charge in [0.1, 0.15) is 11.6 Å². The number of nitrogens with zero attached hydrogens (tertiary/aromatic N) is 4. The molecule has 0 atom stereocenters. The average Bonchev–Trinajstić information content (AvgIpc) is 3.18. The SMILES string of the molecule is N#Cc1cnn2c(=O)[nH]c(SCc3csc4c(Cl)cccc34)nc12. The number of hydrogen-bond acceptors (Lipinski definition) is 6. The number of thioether (sulfide) groups is 1. The number of thiophene rings is 1. The predicted molar refractivity (Wildman–Crippen MR) is 94.7 cm³/mol. The van der Waals surface area contributed by atoms with E-state index >= 15 is 0 Å². The van der Waals surface area contributed by atoms with Crippen LogP contribution in [-0.4, -0.2) is 19.6 Å². The molecule has 24 heavy (non-hydrogen) atoms. The summed E-state index contributed by atoms with van der Waals surface area (Å²) in [5.74, 6) is 0.634. The molecule has 4 rings (SSSR count). The summed E-state index contributed by atoms with van der Waals surface area (Å²) in [6.07, 6.45) is 1.33. The minimum atomic E-state index is -0.415. The molecule has 3 aromatic heterocycles. The van der Waals surface area contributed by atoms with Crippen molar-refractivity contribution in [3.63, 3.8) is 0 Å². The van der Waals surface area contributed by atoms with Gasteiger partial charge in [0.2, 0.25) is 0 Å². The number of fused-ring (bicyclic) bond motifs is 2. The maximum absolute atomic E-state index is 12.0. The smallest absolute Gasteiger partial charge is 0.285 e. The van der Waals surface area contributed by atoms with Gasteiger partial charge in [-0.3, -0.25) is 4.98 Å². The molecule has 0 fully saturated rings. The third-order valence-corrected chi connectivity index (χ3v) is 5.90. The Bertz CT molecular complexity index is 1170. The maximum atomic E-state index is 12.0. The van der Waals surface area contributed by atoms with Crippen LogP contribution in [0, 0.1) is 11.3 Å². The molecular weight excluding hydrogens is 366 g/mol. The molecule has 0 aliphatic carbocycles. The van der Waals surface area contributed by atoms with Gasteiger partial charge in [-0.05, 0) is 22.4 Å². The summed E-state index contributed by atoms with van der Waals surface area (Å²) in [7, 11) is 0. The molecule has 4 aromatic rings. The molecule has 3 heterocycles. The molecule has 0 aliphatic rings. The molecule has 1 aromatic carbocycles. The molecule has 0 saturated carbocycles. The second-order valence-corrected chi connectivity index (χ2v) is 7.17. The van der Waals surface area contributed by atoms with Gasteiger partial charge in [0.05, 0.1) is 15.9 Å². The van der Waals surface area contributed by atoms with Crippen molar-refractivity contribution in [2.24, 2.45) is 0 Å². The van der Waals surface area contributed by atoms with E-state index in [4.69, 9.17) is 16.9 Å². The summed E-state index contributed by atoms with van der Waals surface area (Å²) in [5, 5.41) is 17.3. The van der Waals surface area contributed by atoms with Gasteiger partial charge >= 0.3 is 5.69 Å². The van der Waals surface area contributed by atoms with Gasteiger partial charge in [0.15, 0.2) is 10.8 Å². The van der Waals surface area contributed by atoms with Crippen LogP contribution in [0.2, 0.25) is 5.02 Å². The monoisotopic (exact) mass is 373 g/mol. The number of rotatable bonds is 3. The molecule has 0 saturated heterocycles. The molecule has 118 valence electrons. The van der Waals surface area contributed by atoms with Crippen molar-refractivity contribution in [1.29, 1.82) is 5.26 Å². The summed E-state index contributed by atoms with van der Waals surface area (Å²) in [6.45, 7) is 0. The first kappa shape index (κ1) is 15.2. The quantitative estimate of drug-likeness (QED) is 0.556. The summed E-state index contributed by atoms with van der Waals surface area (Å²) in [5.41, 5.74) is 1.25. The third-order valence-electron chi connectivity index (χ3n) is 3.47. The molecule has 0 radical (unpaired) electrons. The van der Waals surface area contributed by atoms with Gasteiger partial charge in [0, 0.05) is 5.75 Å². The molecular formula is C15H8ClN5OS2. The fraction of sp³-hybridized carbons (Fsp3) is 0.0667. The molecule has 0 amide bonds. The van der Waals surface area contributed by atoms with Gasteiger partial charge in [-0.25, -0.2) is 9.78 Å². The second kappa shape index (κ2) is 5.94. The van der Waals surface area contributed by atoms with Crippen LogP contribution in [-0.2, 0) is 5.75 Å². The summed E-state index contributed by atoms with van der Waals surface area (Å²) >= 11 is 9.19. The predicted octanol–water partition coefficient (Wildman–Crippen LogP) is 3.45. The molecule has 0 spiro atoms. The first-order chi connectivity index (χ1) is 11.7. The van der Waals surface area contributed by atoms with E-state index < -0.39 is 5.69 Å². The van der Waals surface area contributed by atoms with Crippen molar-refractivity contribution in [2.75, 3.05) is 0 Å². The Morgan fingerprint density at radius 2 is 2.33 bits per heavy atom. The van der Waals surface area contributed by atoms with E-state index in [0.717, 1.165) is 25.2 Å². The zero-order valence-electron chi connectivity index (χ0n) is 12.0. The first-order valence-electron chi connectivity index (χ1n) is 6.83. The van der Waals surface area contributed by atoms with E-state index in [2.05, 4.69) is 20.4 Å². The summed E-state index contributed by atoms with van der Waals surface area (Å²) in [6, 6.07) is 7.80. The lowest BCUT2D eigenvalue weighted by Crippen LogP contribution is -2.19. The minimum Gasteiger partial charge on any atom is -0.285 e. The van der Waals surface area contributed by atoms with Crippen LogP contribution in [0.5, 0.6) is 0 Å². The number of aromatic nitrogens is 4. The molecule has 0 unspecified atom stereocenters. The van der Waals surface area contributed by atoms with Crippen LogP contribution in [0.4, 0.5) is 0 Å². The highest BCUT2D eigenvalue weighted by atomic mass is 35.5. The second-order valence-electron chi connectivity index (χ2n) is 4.92. The van der Waals surface area contributed by atoms with Crippen molar-refractivity contribution >= 4 is 50.4 Å². The fourth-order valence-electron chi connectivity index (χ4n) is 2.35. The minimum absolute atomic E-state index is 0.266. The zero-order chi connectivity index (χ0) is 16.7. The lowest BCUT2D eigenvalue weighted by Gasteiger charge is -2.01. The number of benzene rings is 1. The number of H-pyrrole nitrogens is 1. The largest absolute Gasteiger partial charge is 0.350 e. The van der Waals surface area contributed by atoms with Crippen LogP contribution < -0.4 is 5.69 Å². The molecule has 0 aliphatic heterocycles. The fourth-order valence-corrected chi connectivity index (χ4v) is 4.58. The standard InChI is InChI=1S/C15H8ClN5OS2/c16-11-3-1-2-10-9(6-23-12(10)11)7-24-14-19-13-8(4-17)5-18-21(13)15(22)20-14/h1-3,5-6H,7H2,(H,19,20,22). The highest BCUT2D eigenvalue weighted by Gasteiger charge is 2.12. The highest BCUT2D eigenvalue weighted by molar-refractivity contribution is 7.98. The topological polar surface area (TPSA) is 86.8 Å². The van der Waals surface area contributed by atoms with E-state index in [1.807, 2.05) is 24.3 Å². The van der Waals surface area contributed by atoms with Gasteiger partial charge < -0.3 is 0 Å². The van der Waals surface area contributed by atoms with Crippen LogP contribution in [0.15, 0.2) is 39.7 Å². The average molecular weight is 374 g/mol. The van der Waals surface area contributed by atoms with Crippen LogP contribution in [0.25, 0.3) is 15.7 Å². The third kappa shape index (κ3) is 2.47. The van der Waals surface area contributed by atoms with E-state index in [1.165, 1.54) is 18.0 Å². The van der Waals surface area contributed by atoms with E-state index in [0.29, 0.717) is 10.9 Å². The Balaban J connectivity index is 1.68. The number of nitriles is 1. The lowest BCUT2D eigenvalue weighted by atomic mass is 10.2. The molecule has 1 N–H and O–H groups in total. The number of halogens is 1. The van der Waals surface area contributed by atoms with Crippen molar-refractivity contribution in [1.82, 2.24) is 19.6 Å². The molecule has 0 bridgehead atoms. The van der Waals surface area contributed by atoms with Crippen LogP contribution in [0.1, 0.15) is 11.1 Å². The van der Waals surface area contributed by atoms with Gasteiger partial charge in [-0.2, -0.15) is 14.9 Å². The van der Waals surface area contributed by atoms with Crippen molar-refractivity contribution in [2.45, 2.75) is 10.9 Å². The van der Waals surface area contributed by atoms with E-state index in [1.54, 1.807) is 11.3 Å². The Hall–Kier alpha value is -2.34. The van der Waals surface area contributed by atoms with Gasteiger partial charge in [-0.15, -0.1) is 11.3 Å². The normalized spacial score (nSPS) is 11.2. The summed E-state index contributed by atoms with van der Waals surface area (Å²) in [4.78, 5) is 19.0. The highest BCUT2D eigenvalue weighted by Crippen LogP contribution is 2.34. The Labute approximate surface area is 148 Å². The first-order valence-corrected chi connectivity index (χ1v) is 9.07. The number of hydrogen-bond donors (Lipinski definition) is 1. The van der Waals surface area contributed by atoms with Crippen molar-refractivity contribution in [3.05, 3.63) is 56.4 Å². The number of aromatic amines is 1. The van der Waals surface area contributed by atoms with Crippen LogP contribution >= 0.6 is 34.7 Å². The van der Waals surface area contributed by atoms with Gasteiger partial charge in [-0.1, -0.05) is 35.5 Å². The van der Waals surface area contributed by atoms with Gasteiger partial charge in [0.25, 0.3) is 0 Å². The van der Waals surface area contributed by atoms with Crippen molar-refractivity contribution < 1.29 is 0 Å². The Morgan fingerprint density at radius 3 is 3.17 bits per heavy atom. The lowest BCUT2D eigenvalue weighted by molar-refractivity contribution is 0.786. The molecule has 9 heteroatoms. The van der Waals surface area contributed by atoms with Crippen molar-refractivity contribution in [3.8, 4) is 6.07 Å². The van der Waals surface area contributed by atoms with E-state index in [9.17, 15) is 4.79 Å². The van der Waals surface area contributed by atoms with Crippen LogP contribution in [0.3, 0.4) is 0 Å². The Morgan fingerprint density at radius 1 is 1.46 bits per heavy atom. The molecule has 6 nitrogen and oxygen atoms in total. The van der Waals surface area contributed by atoms with E-state index in [-0.39, 0.29) is 11.2 Å². The number of nitrogens with one attached hydrogen (secondary N) is 1. The maximum Gasteiger partial charge on any atom is 0.350 e. The Kier molecular flexibility index (Phi) is 3.76.